The maximum absolute atomic E-state index is 9.76. The van der Waals surface area contributed by atoms with Gasteiger partial charge in [0.1, 0.15) is 0 Å². The van der Waals surface area contributed by atoms with E-state index in [2.05, 4.69) is 10.2 Å². The summed E-state index contributed by atoms with van der Waals surface area (Å²) in [5, 5.41) is 13.1. The lowest BCUT2D eigenvalue weighted by Gasteiger charge is -2.31. The van der Waals surface area contributed by atoms with Gasteiger partial charge in [-0.3, -0.25) is 0 Å². The molecule has 0 aromatic rings. The standard InChI is InChI=1S/C10H20N2O/c13-10-3-4-11-7-9(10)8-12-5-1-2-6-12/h9-11,13H,1-8H2. The topological polar surface area (TPSA) is 35.5 Å². The van der Waals surface area contributed by atoms with Gasteiger partial charge in [-0.1, -0.05) is 0 Å². The van der Waals surface area contributed by atoms with E-state index < -0.39 is 0 Å². The Kier molecular flexibility index (Phi) is 3.19. The number of hydrogen-bond acceptors (Lipinski definition) is 3. The summed E-state index contributed by atoms with van der Waals surface area (Å²) in [6.45, 7) is 5.55. The average molecular weight is 184 g/mol. The Labute approximate surface area is 80.1 Å². The summed E-state index contributed by atoms with van der Waals surface area (Å²) >= 11 is 0. The number of aliphatic hydroxyl groups is 1. The second-order valence-corrected chi connectivity index (χ2v) is 4.33. The molecule has 3 nitrogen and oxygen atoms in total. The Morgan fingerprint density at radius 2 is 2.08 bits per heavy atom. The van der Waals surface area contributed by atoms with Crippen LogP contribution < -0.4 is 5.32 Å². The molecule has 2 aliphatic rings. The molecule has 0 amide bonds. The molecule has 2 atom stereocenters. The highest BCUT2D eigenvalue weighted by Crippen LogP contribution is 2.16. The minimum Gasteiger partial charge on any atom is -0.393 e. The van der Waals surface area contributed by atoms with E-state index in [1.54, 1.807) is 0 Å². The van der Waals surface area contributed by atoms with Crippen molar-refractivity contribution < 1.29 is 5.11 Å². The first-order valence-electron chi connectivity index (χ1n) is 5.47. The minimum absolute atomic E-state index is 0.0677. The number of hydrogen-bond donors (Lipinski definition) is 2. The van der Waals surface area contributed by atoms with E-state index in [0.29, 0.717) is 5.92 Å². The van der Waals surface area contributed by atoms with Gasteiger partial charge in [0.2, 0.25) is 0 Å². The van der Waals surface area contributed by atoms with E-state index in [1.165, 1.54) is 25.9 Å². The largest absolute Gasteiger partial charge is 0.393 e. The number of aliphatic hydroxyl groups excluding tert-OH is 1. The van der Waals surface area contributed by atoms with E-state index in [-0.39, 0.29) is 6.10 Å². The zero-order chi connectivity index (χ0) is 9.10. The zero-order valence-electron chi connectivity index (χ0n) is 8.21. The highest BCUT2D eigenvalue weighted by molar-refractivity contribution is 4.81. The quantitative estimate of drug-likeness (QED) is 0.636. The molecular weight excluding hydrogens is 164 g/mol. The highest BCUT2D eigenvalue weighted by Gasteiger charge is 2.25. The van der Waals surface area contributed by atoms with Crippen molar-refractivity contribution in [2.75, 3.05) is 32.7 Å². The van der Waals surface area contributed by atoms with Crippen molar-refractivity contribution in [3.63, 3.8) is 0 Å². The second-order valence-electron chi connectivity index (χ2n) is 4.33. The lowest BCUT2D eigenvalue weighted by atomic mass is 9.96. The molecule has 2 heterocycles. The Morgan fingerprint density at radius 1 is 1.31 bits per heavy atom. The van der Waals surface area contributed by atoms with Crippen molar-refractivity contribution in [1.29, 1.82) is 0 Å². The Bertz CT molecular complexity index is 157. The van der Waals surface area contributed by atoms with Gasteiger partial charge in [0.05, 0.1) is 6.10 Å². The Hall–Kier alpha value is -0.120. The molecule has 0 saturated carbocycles. The average Bonchev–Trinajstić information content (AvgIpc) is 2.61. The minimum atomic E-state index is -0.0677. The lowest BCUT2D eigenvalue weighted by molar-refractivity contribution is 0.0599. The van der Waals surface area contributed by atoms with E-state index in [4.69, 9.17) is 0 Å². The van der Waals surface area contributed by atoms with Crippen molar-refractivity contribution in [2.24, 2.45) is 5.92 Å². The van der Waals surface area contributed by atoms with Crippen molar-refractivity contribution >= 4 is 0 Å². The van der Waals surface area contributed by atoms with Crippen molar-refractivity contribution in [1.82, 2.24) is 10.2 Å². The second kappa shape index (κ2) is 4.40. The molecule has 2 unspecified atom stereocenters. The first kappa shape index (κ1) is 9.44. The third kappa shape index (κ3) is 2.42. The van der Waals surface area contributed by atoms with Crippen LogP contribution in [0.2, 0.25) is 0 Å². The van der Waals surface area contributed by atoms with Crippen molar-refractivity contribution in [2.45, 2.75) is 25.4 Å². The molecule has 2 rings (SSSR count). The highest BCUT2D eigenvalue weighted by atomic mass is 16.3. The molecular formula is C10H20N2O. The molecule has 0 spiro atoms. The molecule has 13 heavy (non-hydrogen) atoms. The SMILES string of the molecule is OC1CCNCC1CN1CCCC1. The van der Waals surface area contributed by atoms with Gasteiger partial charge in [0.25, 0.3) is 0 Å². The third-order valence-corrected chi connectivity index (χ3v) is 3.26. The molecule has 2 aliphatic heterocycles. The fourth-order valence-corrected chi connectivity index (χ4v) is 2.39. The molecule has 0 aromatic heterocycles. The van der Waals surface area contributed by atoms with Gasteiger partial charge >= 0.3 is 0 Å². The molecule has 2 fully saturated rings. The Balaban J connectivity index is 1.78. The molecule has 0 radical (unpaired) electrons. The van der Waals surface area contributed by atoms with Gasteiger partial charge in [-0.2, -0.15) is 0 Å². The number of piperidine rings is 1. The molecule has 2 N–H and O–H groups in total. The van der Waals surface area contributed by atoms with Gasteiger partial charge < -0.3 is 15.3 Å². The number of likely N-dealkylation sites (tertiary alicyclic amines) is 1. The van der Waals surface area contributed by atoms with Gasteiger partial charge in [0, 0.05) is 19.0 Å². The van der Waals surface area contributed by atoms with Gasteiger partial charge in [0.15, 0.2) is 0 Å². The summed E-state index contributed by atoms with van der Waals surface area (Å²) in [5.74, 6) is 0.465. The van der Waals surface area contributed by atoms with Gasteiger partial charge in [-0.15, -0.1) is 0 Å². The first-order chi connectivity index (χ1) is 6.36. The number of rotatable bonds is 2. The van der Waals surface area contributed by atoms with Crippen LogP contribution in [0.3, 0.4) is 0 Å². The summed E-state index contributed by atoms with van der Waals surface area (Å²) in [5.41, 5.74) is 0. The summed E-state index contributed by atoms with van der Waals surface area (Å²) in [7, 11) is 0. The predicted octanol–water partition coefficient (Wildman–Crippen LogP) is 0.0526. The van der Waals surface area contributed by atoms with E-state index in [9.17, 15) is 5.11 Å². The Morgan fingerprint density at radius 3 is 2.77 bits per heavy atom. The monoisotopic (exact) mass is 184 g/mol. The van der Waals surface area contributed by atoms with Crippen LogP contribution in [0, 0.1) is 5.92 Å². The van der Waals surface area contributed by atoms with Crippen LogP contribution >= 0.6 is 0 Å². The van der Waals surface area contributed by atoms with Crippen LogP contribution in [-0.2, 0) is 0 Å². The lowest BCUT2D eigenvalue weighted by Crippen LogP contribution is -2.45. The van der Waals surface area contributed by atoms with Gasteiger partial charge in [-0.05, 0) is 38.9 Å². The normalized spacial score (nSPS) is 36.7. The van der Waals surface area contributed by atoms with E-state index >= 15 is 0 Å². The van der Waals surface area contributed by atoms with Gasteiger partial charge in [-0.25, -0.2) is 0 Å². The van der Waals surface area contributed by atoms with Crippen molar-refractivity contribution in [3.05, 3.63) is 0 Å². The summed E-state index contributed by atoms with van der Waals surface area (Å²) in [6.07, 6.45) is 3.55. The summed E-state index contributed by atoms with van der Waals surface area (Å²) in [6, 6.07) is 0. The number of nitrogens with one attached hydrogen (secondary N) is 1. The molecule has 76 valence electrons. The fourth-order valence-electron chi connectivity index (χ4n) is 2.39. The fraction of sp³-hybridized carbons (Fsp3) is 1.00. The molecule has 2 saturated heterocycles. The predicted molar refractivity (Wildman–Crippen MR) is 52.7 cm³/mol. The van der Waals surface area contributed by atoms with Crippen LogP contribution in [0.25, 0.3) is 0 Å². The molecule has 0 aliphatic carbocycles. The summed E-state index contributed by atoms with van der Waals surface area (Å²) in [4.78, 5) is 2.49. The van der Waals surface area contributed by atoms with E-state index in [0.717, 1.165) is 26.1 Å². The van der Waals surface area contributed by atoms with Crippen LogP contribution in [-0.4, -0.2) is 48.8 Å². The first-order valence-corrected chi connectivity index (χ1v) is 5.47. The smallest absolute Gasteiger partial charge is 0.0604 e. The maximum Gasteiger partial charge on any atom is 0.0604 e. The maximum atomic E-state index is 9.76. The third-order valence-electron chi connectivity index (χ3n) is 3.26. The van der Waals surface area contributed by atoms with Crippen LogP contribution in [0.15, 0.2) is 0 Å². The van der Waals surface area contributed by atoms with Crippen molar-refractivity contribution in [3.8, 4) is 0 Å². The van der Waals surface area contributed by atoms with Crippen LogP contribution in [0.4, 0.5) is 0 Å². The molecule has 0 bridgehead atoms. The molecule has 0 aromatic carbocycles. The van der Waals surface area contributed by atoms with E-state index in [1.807, 2.05) is 0 Å². The molecule has 3 heteroatoms. The summed E-state index contributed by atoms with van der Waals surface area (Å²) < 4.78 is 0. The number of nitrogens with zero attached hydrogens (tertiary/aromatic N) is 1. The van der Waals surface area contributed by atoms with Crippen LogP contribution in [0.5, 0.6) is 0 Å². The van der Waals surface area contributed by atoms with Crippen LogP contribution in [0.1, 0.15) is 19.3 Å². The zero-order valence-corrected chi connectivity index (χ0v) is 8.21.